The van der Waals surface area contributed by atoms with Gasteiger partial charge in [0.15, 0.2) is 5.58 Å². The number of benzene rings is 3. The number of nitrogens with zero attached hydrogens (tertiary/aromatic N) is 1. The predicted molar refractivity (Wildman–Crippen MR) is 137 cm³/mol. The first-order chi connectivity index (χ1) is 15.9. The van der Waals surface area contributed by atoms with E-state index in [1.807, 2.05) is 6.07 Å². The van der Waals surface area contributed by atoms with E-state index in [9.17, 15) is 0 Å². The van der Waals surface area contributed by atoms with Crippen LogP contribution in [0.3, 0.4) is 0 Å². The third-order valence-corrected chi connectivity index (χ3v) is 6.41. The number of fused-ring (bicyclic) bond motifs is 1. The SMILES string of the molecule is CC(C)(C)c1ccc2nc(C3(c4ccccc4)C=CC(C=Cc4ccccc4)=CC3)oc2c1. The maximum absolute atomic E-state index is 6.46. The van der Waals surface area contributed by atoms with Crippen LogP contribution in [0.1, 0.15) is 49.8 Å². The van der Waals surface area contributed by atoms with Crippen molar-refractivity contribution in [1.82, 2.24) is 4.98 Å². The first-order valence-electron chi connectivity index (χ1n) is 11.5. The Morgan fingerprint density at radius 1 is 0.879 bits per heavy atom. The summed E-state index contributed by atoms with van der Waals surface area (Å²) in [7, 11) is 0. The lowest BCUT2D eigenvalue weighted by atomic mass is 9.74. The van der Waals surface area contributed by atoms with Gasteiger partial charge in [0.05, 0.1) is 5.41 Å². The van der Waals surface area contributed by atoms with Gasteiger partial charge in [-0.2, -0.15) is 0 Å². The monoisotopic (exact) mass is 431 g/mol. The van der Waals surface area contributed by atoms with Crippen LogP contribution >= 0.6 is 0 Å². The van der Waals surface area contributed by atoms with Crippen LogP contribution in [-0.2, 0) is 10.8 Å². The molecule has 1 atom stereocenters. The molecule has 1 aromatic heterocycles. The number of hydrogen-bond acceptors (Lipinski definition) is 2. The summed E-state index contributed by atoms with van der Waals surface area (Å²) >= 11 is 0. The molecule has 4 aromatic rings. The normalized spacial score (nSPS) is 18.7. The minimum absolute atomic E-state index is 0.0612. The van der Waals surface area contributed by atoms with Gasteiger partial charge >= 0.3 is 0 Å². The molecule has 0 saturated carbocycles. The van der Waals surface area contributed by atoms with E-state index in [1.165, 1.54) is 22.3 Å². The average Bonchev–Trinajstić information content (AvgIpc) is 3.28. The summed E-state index contributed by atoms with van der Waals surface area (Å²) in [5, 5.41) is 0. The second-order valence-electron chi connectivity index (χ2n) is 9.77. The van der Waals surface area contributed by atoms with Crippen molar-refractivity contribution in [2.75, 3.05) is 0 Å². The number of rotatable bonds is 4. The highest BCUT2D eigenvalue weighted by Crippen LogP contribution is 2.41. The highest BCUT2D eigenvalue weighted by Gasteiger charge is 2.37. The van der Waals surface area contributed by atoms with Crippen molar-refractivity contribution >= 4 is 17.2 Å². The minimum atomic E-state index is -0.424. The Kier molecular flexibility index (Phi) is 5.38. The van der Waals surface area contributed by atoms with Gasteiger partial charge in [0.2, 0.25) is 5.89 Å². The molecule has 1 aliphatic rings. The molecule has 0 spiro atoms. The molecule has 164 valence electrons. The lowest BCUT2D eigenvalue weighted by Crippen LogP contribution is -2.26. The maximum Gasteiger partial charge on any atom is 0.210 e. The van der Waals surface area contributed by atoms with Crippen LogP contribution in [0.4, 0.5) is 0 Å². The van der Waals surface area contributed by atoms with Crippen LogP contribution in [0, 0.1) is 0 Å². The van der Waals surface area contributed by atoms with Crippen molar-refractivity contribution < 1.29 is 4.42 Å². The quantitative estimate of drug-likeness (QED) is 0.327. The van der Waals surface area contributed by atoms with Crippen molar-refractivity contribution in [2.45, 2.75) is 38.0 Å². The van der Waals surface area contributed by atoms with E-state index in [0.717, 1.165) is 23.4 Å². The molecule has 0 aliphatic heterocycles. The predicted octanol–water partition coefficient (Wildman–Crippen LogP) is 8.01. The maximum atomic E-state index is 6.46. The second kappa shape index (κ2) is 8.37. The van der Waals surface area contributed by atoms with Crippen LogP contribution < -0.4 is 0 Å². The first-order valence-corrected chi connectivity index (χ1v) is 11.5. The van der Waals surface area contributed by atoms with Gasteiger partial charge in [-0.05, 0) is 46.2 Å². The molecule has 1 aliphatic carbocycles. The van der Waals surface area contributed by atoms with Gasteiger partial charge in [-0.1, -0.05) is 118 Å². The summed E-state index contributed by atoms with van der Waals surface area (Å²) in [6, 6.07) is 27.3. The number of allylic oxidation sites excluding steroid dienone is 5. The smallest absolute Gasteiger partial charge is 0.210 e. The Morgan fingerprint density at radius 3 is 2.27 bits per heavy atom. The van der Waals surface area contributed by atoms with Crippen molar-refractivity contribution in [2.24, 2.45) is 0 Å². The Balaban J connectivity index is 1.54. The van der Waals surface area contributed by atoms with E-state index in [-0.39, 0.29) is 5.41 Å². The third-order valence-electron chi connectivity index (χ3n) is 6.41. The molecule has 1 unspecified atom stereocenters. The second-order valence-corrected chi connectivity index (χ2v) is 9.77. The van der Waals surface area contributed by atoms with Crippen LogP contribution in [0.5, 0.6) is 0 Å². The molecular formula is C31H29NO. The highest BCUT2D eigenvalue weighted by molar-refractivity contribution is 5.74. The van der Waals surface area contributed by atoms with Gasteiger partial charge in [-0.3, -0.25) is 0 Å². The largest absolute Gasteiger partial charge is 0.439 e. The van der Waals surface area contributed by atoms with Crippen LogP contribution in [0.2, 0.25) is 0 Å². The lowest BCUT2D eigenvalue weighted by Gasteiger charge is -2.29. The zero-order valence-corrected chi connectivity index (χ0v) is 19.5. The average molecular weight is 432 g/mol. The molecule has 2 heteroatoms. The van der Waals surface area contributed by atoms with E-state index < -0.39 is 5.41 Å². The van der Waals surface area contributed by atoms with Crippen molar-refractivity contribution in [1.29, 1.82) is 0 Å². The number of hydrogen-bond donors (Lipinski definition) is 0. The Morgan fingerprint density at radius 2 is 1.61 bits per heavy atom. The first kappa shape index (κ1) is 21.2. The summed E-state index contributed by atoms with van der Waals surface area (Å²) < 4.78 is 6.46. The van der Waals surface area contributed by atoms with E-state index in [1.54, 1.807) is 0 Å². The van der Waals surface area contributed by atoms with Crippen molar-refractivity contribution in [3.8, 4) is 0 Å². The summed E-state index contributed by atoms with van der Waals surface area (Å²) in [5.74, 6) is 0.744. The molecule has 33 heavy (non-hydrogen) atoms. The topological polar surface area (TPSA) is 26.0 Å². The van der Waals surface area contributed by atoms with Gasteiger partial charge < -0.3 is 4.42 Å². The number of aromatic nitrogens is 1. The summed E-state index contributed by atoms with van der Waals surface area (Å²) in [6.07, 6.45) is 11.8. The van der Waals surface area contributed by atoms with Crippen molar-refractivity contribution in [3.63, 3.8) is 0 Å². The number of oxazole rings is 1. The fourth-order valence-corrected chi connectivity index (χ4v) is 4.35. The molecule has 0 fully saturated rings. The fourth-order valence-electron chi connectivity index (χ4n) is 4.35. The van der Waals surface area contributed by atoms with Gasteiger partial charge in [0.25, 0.3) is 0 Å². The molecule has 0 N–H and O–H groups in total. The van der Waals surface area contributed by atoms with Gasteiger partial charge in [0.1, 0.15) is 5.52 Å². The molecule has 0 saturated heterocycles. The lowest BCUT2D eigenvalue weighted by molar-refractivity contribution is 0.440. The van der Waals surface area contributed by atoms with Gasteiger partial charge in [-0.15, -0.1) is 0 Å². The summed E-state index contributed by atoms with van der Waals surface area (Å²) in [4.78, 5) is 4.96. The molecule has 2 nitrogen and oxygen atoms in total. The molecule has 0 bridgehead atoms. The molecule has 3 aromatic carbocycles. The van der Waals surface area contributed by atoms with E-state index in [2.05, 4.69) is 124 Å². The van der Waals surface area contributed by atoms with Gasteiger partial charge in [-0.25, -0.2) is 4.98 Å². The summed E-state index contributed by atoms with van der Waals surface area (Å²) in [6.45, 7) is 6.65. The molecule has 0 radical (unpaired) electrons. The third kappa shape index (κ3) is 4.21. The molecule has 0 amide bonds. The fraction of sp³-hybridized carbons (Fsp3) is 0.194. The van der Waals surface area contributed by atoms with Crippen LogP contribution in [0.25, 0.3) is 17.2 Å². The van der Waals surface area contributed by atoms with Crippen LogP contribution in [-0.4, -0.2) is 4.98 Å². The molecule has 1 heterocycles. The highest BCUT2D eigenvalue weighted by atomic mass is 16.3. The zero-order chi connectivity index (χ0) is 22.9. The Labute approximate surface area is 196 Å². The standard InChI is InChI=1S/C31H29NO/c1-30(2,3)26-16-17-27-28(22-26)33-29(32-27)31(25-12-8-5-9-13-25)20-18-24(19-21-31)15-14-23-10-6-4-7-11-23/h4-20,22H,21H2,1-3H3. The van der Waals surface area contributed by atoms with E-state index in [4.69, 9.17) is 9.40 Å². The minimum Gasteiger partial charge on any atom is -0.439 e. The van der Waals surface area contributed by atoms with E-state index in [0.29, 0.717) is 0 Å². The Bertz CT molecular complexity index is 1350. The molecule has 5 rings (SSSR count). The van der Waals surface area contributed by atoms with Crippen LogP contribution in [0.15, 0.2) is 113 Å². The molecular weight excluding hydrogens is 402 g/mol. The Hall–Kier alpha value is -3.65. The zero-order valence-electron chi connectivity index (χ0n) is 19.5. The van der Waals surface area contributed by atoms with Crippen molar-refractivity contribution in [3.05, 3.63) is 131 Å². The summed E-state index contributed by atoms with van der Waals surface area (Å²) in [5.41, 5.74) is 6.21. The van der Waals surface area contributed by atoms with E-state index >= 15 is 0 Å². The van der Waals surface area contributed by atoms with Gasteiger partial charge in [0, 0.05) is 0 Å².